The number of likely N-dealkylation sites (N-methyl/N-ethyl adjacent to an activating group) is 1. The molecule has 7 heteroatoms. The smallest absolute Gasteiger partial charge is 0.253 e. The van der Waals surface area contributed by atoms with Crippen LogP contribution in [0.5, 0.6) is 0 Å². The average Bonchev–Trinajstić information content (AvgIpc) is 3.09. The van der Waals surface area contributed by atoms with E-state index in [1.807, 2.05) is 41.1 Å². The van der Waals surface area contributed by atoms with Crippen molar-refractivity contribution in [3.05, 3.63) is 54.5 Å². The van der Waals surface area contributed by atoms with Gasteiger partial charge in [-0.1, -0.05) is 18.2 Å². The molecule has 0 aliphatic carbocycles. The Labute approximate surface area is 163 Å². The van der Waals surface area contributed by atoms with Gasteiger partial charge in [-0.2, -0.15) is 10.2 Å². The molecule has 144 valence electrons. The highest BCUT2D eigenvalue weighted by molar-refractivity contribution is 6.07. The summed E-state index contributed by atoms with van der Waals surface area (Å²) in [6.45, 7) is 1.49. The number of morpholine rings is 1. The normalized spacial score (nSPS) is 25.0. The summed E-state index contributed by atoms with van der Waals surface area (Å²) in [5.41, 5.74) is 2.55. The van der Waals surface area contributed by atoms with Crippen LogP contribution in [-0.2, 0) is 4.74 Å². The lowest BCUT2D eigenvalue weighted by Gasteiger charge is -2.46. The summed E-state index contributed by atoms with van der Waals surface area (Å²) in [5.74, 6) is -0.0227. The number of nitrogens with one attached hydrogen (secondary N) is 1. The molecule has 3 aromatic rings. The number of fused-ring (bicyclic) bond motifs is 3. The summed E-state index contributed by atoms with van der Waals surface area (Å²) in [6.07, 6.45) is 7.10. The zero-order valence-electron chi connectivity index (χ0n) is 15.8. The fourth-order valence-electron chi connectivity index (χ4n) is 4.48. The van der Waals surface area contributed by atoms with Crippen molar-refractivity contribution < 1.29 is 9.53 Å². The van der Waals surface area contributed by atoms with E-state index in [4.69, 9.17) is 4.74 Å². The molecule has 2 aliphatic heterocycles. The number of piperidine rings is 1. The van der Waals surface area contributed by atoms with Crippen molar-refractivity contribution in [2.45, 2.75) is 31.0 Å². The first-order chi connectivity index (χ1) is 13.7. The Hall–Kier alpha value is -2.77. The number of carbonyl (C=O) groups is 1. The summed E-state index contributed by atoms with van der Waals surface area (Å²) in [7, 11) is 2.16. The molecule has 28 heavy (non-hydrogen) atoms. The van der Waals surface area contributed by atoms with Crippen LogP contribution in [0.25, 0.3) is 16.6 Å². The second-order valence-corrected chi connectivity index (χ2v) is 7.68. The number of amides is 1. The summed E-state index contributed by atoms with van der Waals surface area (Å²) in [6, 6.07) is 10.8. The fraction of sp³-hybridized carbons (Fsp3) is 0.381. The molecular formula is C21H23N5O2. The molecule has 5 rings (SSSR count). The number of ether oxygens (including phenoxy) is 1. The highest BCUT2D eigenvalue weighted by Crippen LogP contribution is 2.28. The molecule has 0 spiro atoms. The van der Waals surface area contributed by atoms with Crippen molar-refractivity contribution in [3.63, 3.8) is 0 Å². The molecule has 2 unspecified atom stereocenters. The largest absolute Gasteiger partial charge is 0.378 e. The number of para-hydroxylation sites is 1. The number of hydrogen-bond donors (Lipinski definition) is 1. The molecule has 4 heterocycles. The average molecular weight is 377 g/mol. The first kappa shape index (κ1) is 17.3. The van der Waals surface area contributed by atoms with Crippen molar-refractivity contribution in [3.8, 4) is 5.69 Å². The molecule has 2 saturated heterocycles. The lowest BCUT2D eigenvalue weighted by Crippen LogP contribution is -2.59. The monoisotopic (exact) mass is 377 g/mol. The lowest BCUT2D eigenvalue weighted by molar-refractivity contribution is -0.0670. The van der Waals surface area contributed by atoms with Gasteiger partial charge in [0, 0.05) is 29.7 Å². The lowest BCUT2D eigenvalue weighted by atomic mass is 9.90. The second kappa shape index (κ2) is 7.00. The van der Waals surface area contributed by atoms with Gasteiger partial charge in [-0.3, -0.25) is 9.69 Å². The molecule has 2 aromatic heterocycles. The summed E-state index contributed by atoms with van der Waals surface area (Å²) < 4.78 is 7.68. The van der Waals surface area contributed by atoms with Crippen molar-refractivity contribution in [1.29, 1.82) is 0 Å². The molecule has 2 fully saturated rings. The van der Waals surface area contributed by atoms with Crippen LogP contribution in [0, 0.1) is 0 Å². The van der Waals surface area contributed by atoms with Crippen molar-refractivity contribution in [1.82, 2.24) is 25.0 Å². The van der Waals surface area contributed by atoms with Crippen molar-refractivity contribution in [2.24, 2.45) is 0 Å². The third-order valence-corrected chi connectivity index (χ3v) is 6.02. The molecule has 1 amide bonds. The standard InChI is InChI=1S/C21H23N5O2/c1-25-16-8-14(9-17(25)13-28-12-16)24-21(27)19-11-26(15-6-7-22-23-10-15)20-5-3-2-4-18(19)20/h2-7,10-11,14,16-17H,8-9,12-13H2,1H3,(H,24,27). The maximum absolute atomic E-state index is 13.2. The van der Waals surface area contributed by atoms with E-state index in [1.54, 1.807) is 12.4 Å². The van der Waals surface area contributed by atoms with Crippen LogP contribution in [-0.4, -0.2) is 64.0 Å². The third-order valence-electron chi connectivity index (χ3n) is 6.02. The Morgan fingerprint density at radius 3 is 2.68 bits per heavy atom. The minimum absolute atomic E-state index is 0.0227. The molecular weight excluding hydrogens is 354 g/mol. The van der Waals surface area contributed by atoms with E-state index < -0.39 is 0 Å². The van der Waals surface area contributed by atoms with Crippen LogP contribution in [0.3, 0.4) is 0 Å². The quantitative estimate of drug-likeness (QED) is 0.756. The van der Waals surface area contributed by atoms with Crippen LogP contribution in [0.15, 0.2) is 48.9 Å². The number of hydrogen-bond acceptors (Lipinski definition) is 5. The Bertz CT molecular complexity index is 988. The Balaban J connectivity index is 1.44. The molecule has 2 aliphatic rings. The number of carbonyl (C=O) groups excluding carboxylic acids is 1. The zero-order valence-corrected chi connectivity index (χ0v) is 15.8. The third kappa shape index (κ3) is 2.96. The maximum atomic E-state index is 13.2. The Morgan fingerprint density at radius 2 is 1.93 bits per heavy atom. The SMILES string of the molecule is CN1C2COCC1CC(NC(=O)c1cn(-c3ccnnc3)c3ccccc13)C2. The van der Waals surface area contributed by atoms with E-state index in [9.17, 15) is 4.79 Å². The van der Waals surface area contributed by atoms with E-state index >= 15 is 0 Å². The summed E-state index contributed by atoms with van der Waals surface area (Å²) in [4.78, 5) is 15.6. The molecule has 7 nitrogen and oxygen atoms in total. The molecule has 0 saturated carbocycles. The van der Waals surface area contributed by atoms with Gasteiger partial charge in [0.25, 0.3) is 5.91 Å². The van der Waals surface area contributed by atoms with Crippen molar-refractivity contribution >= 4 is 16.8 Å². The van der Waals surface area contributed by atoms with Gasteiger partial charge in [0.15, 0.2) is 0 Å². The van der Waals surface area contributed by atoms with Gasteiger partial charge < -0.3 is 14.6 Å². The van der Waals surface area contributed by atoms with E-state index in [1.165, 1.54) is 0 Å². The van der Waals surface area contributed by atoms with Gasteiger partial charge >= 0.3 is 0 Å². The summed E-state index contributed by atoms with van der Waals surface area (Å²) in [5, 5.41) is 12.0. The van der Waals surface area contributed by atoms with Crippen LogP contribution in [0.1, 0.15) is 23.2 Å². The minimum atomic E-state index is -0.0227. The molecule has 1 N–H and O–H groups in total. The number of benzene rings is 1. The van der Waals surface area contributed by atoms with E-state index in [0.29, 0.717) is 17.6 Å². The summed E-state index contributed by atoms with van der Waals surface area (Å²) >= 11 is 0. The van der Waals surface area contributed by atoms with Crippen LogP contribution in [0.2, 0.25) is 0 Å². The van der Waals surface area contributed by atoms with Gasteiger partial charge in [0.1, 0.15) is 0 Å². The molecule has 2 atom stereocenters. The highest BCUT2D eigenvalue weighted by Gasteiger charge is 2.37. The van der Waals surface area contributed by atoms with E-state index in [-0.39, 0.29) is 11.9 Å². The first-order valence-corrected chi connectivity index (χ1v) is 9.68. The van der Waals surface area contributed by atoms with Crippen LogP contribution >= 0.6 is 0 Å². The Morgan fingerprint density at radius 1 is 1.14 bits per heavy atom. The molecule has 1 aromatic carbocycles. The van der Waals surface area contributed by atoms with Crippen LogP contribution < -0.4 is 5.32 Å². The molecule has 2 bridgehead atoms. The van der Waals surface area contributed by atoms with E-state index in [0.717, 1.165) is 42.6 Å². The number of aromatic nitrogens is 3. The number of rotatable bonds is 3. The molecule has 0 radical (unpaired) electrons. The van der Waals surface area contributed by atoms with E-state index in [2.05, 4.69) is 27.5 Å². The van der Waals surface area contributed by atoms with Gasteiger partial charge in [-0.15, -0.1) is 0 Å². The minimum Gasteiger partial charge on any atom is -0.378 e. The predicted octanol–water partition coefficient (Wildman–Crippen LogP) is 2.01. The number of nitrogens with zero attached hydrogens (tertiary/aromatic N) is 4. The van der Waals surface area contributed by atoms with Crippen LogP contribution in [0.4, 0.5) is 0 Å². The predicted molar refractivity (Wildman–Crippen MR) is 106 cm³/mol. The topological polar surface area (TPSA) is 72.3 Å². The van der Waals surface area contributed by atoms with Gasteiger partial charge in [-0.25, -0.2) is 0 Å². The zero-order chi connectivity index (χ0) is 19.1. The first-order valence-electron chi connectivity index (χ1n) is 9.68. The fourth-order valence-corrected chi connectivity index (χ4v) is 4.48. The van der Waals surface area contributed by atoms with Crippen molar-refractivity contribution in [2.75, 3.05) is 20.3 Å². The van der Waals surface area contributed by atoms with Gasteiger partial charge in [0.05, 0.1) is 42.4 Å². The second-order valence-electron chi connectivity index (χ2n) is 7.68. The van der Waals surface area contributed by atoms with Gasteiger partial charge in [0.2, 0.25) is 0 Å². The maximum Gasteiger partial charge on any atom is 0.253 e. The van der Waals surface area contributed by atoms with Gasteiger partial charge in [-0.05, 0) is 32.0 Å². The highest BCUT2D eigenvalue weighted by atomic mass is 16.5. The Kier molecular flexibility index (Phi) is 4.33.